The van der Waals surface area contributed by atoms with Crippen LogP contribution in [0.25, 0.3) is 0 Å². The van der Waals surface area contributed by atoms with Gasteiger partial charge in [-0.15, -0.1) is 0 Å². The molecule has 0 saturated carbocycles. The lowest BCUT2D eigenvalue weighted by atomic mass is 10.0. The average Bonchev–Trinajstić information content (AvgIpc) is 3.29. The van der Waals surface area contributed by atoms with E-state index < -0.39 is 20.0 Å². The van der Waals surface area contributed by atoms with Crippen molar-refractivity contribution >= 4 is 13.7 Å². The molecule has 0 aliphatic rings. The van der Waals surface area contributed by atoms with Crippen LogP contribution in [-0.4, -0.2) is 68.5 Å². The molecule has 0 aliphatic heterocycles. The number of hydrogen-bond acceptors (Lipinski definition) is 6. The molecule has 9 heteroatoms. The average molecular weight is 961 g/mol. The Bertz CT molecular complexity index is 1270. The Morgan fingerprint density at radius 2 is 0.910 bits per heavy atom. The SMILES string of the molecule is CC/C=C\C/C=C\C/C=C\C/C=C\CCCCCCCCCCC(=O)NC(COP(=O)([O-])OCC[N+](C)(C)C)C(O)/C=C/CCCCCCCCCCCCCCCCCCCCCCCC. The quantitative estimate of drug-likeness (QED) is 0.0272. The van der Waals surface area contributed by atoms with E-state index in [9.17, 15) is 19.4 Å². The fourth-order valence-corrected chi connectivity index (χ4v) is 8.81. The van der Waals surface area contributed by atoms with Gasteiger partial charge in [-0.25, -0.2) is 0 Å². The molecule has 1 amide bonds. The van der Waals surface area contributed by atoms with Crippen LogP contribution >= 0.6 is 7.82 Å². The van der Waals surface area contributed by atoms with E-state index >= 15 is 0 Å². The number of quaternary nitrogens is 1. The minimum Gasteiger partial charge on any atom is -0.756 e. The summed E-state index contributed by atoms with van der Waals surface area (Å²) in [5.41, 5.74) is 0. The van der Waals surface area contributed by atoms with Gasteiger partial charge < -0.3 is 28.8 Å². The highest BCUT2D eigenvalue weighted by Crippen LogP contribution is 2.38. The van der Waals surface area contributed by atoms with Gasteiger partial charge in [0.15, 0.2) is 0 Å². The van der Waals surface area contributed by atoms with Gasteiger partial charge in [-0.3, -0.25) is 9.36 Å². The van der Waals surface area contributed by atoms with E-state index in [0.29, 0.717) is 17.4 Å². The molecule has 2 N–H and O–H groups in total. The van der Waals surface area contributed by atoms with Gasteiger partial charge in [-0.05, 0) is 57.8 Å². The maximum atomic E-state index is 13.0. The zero-order valence-corrected chi connectivity index (χ0v) is 45.5. The fourth-order valence-electron chi connectivity index (χ4n) is 8.09. The first kappa shape index (κ1) is 65.2. The minimum absolute atomic E-state index is 0.00463. The number of hydrogen-bond donors (Lipinski definition) is 2. The topological polar surface area (TPSA) is 108 Å². The van der Waals surface area contributed by atoms with E-state index in [1.165, 1.54) is 154 Å². The molecule has 0 aromatic heterocycles. The van der Waals surface area contributed by atoms with Gasteiger partial charge in [0.1, 0.15) is 13.2 Å². The molecule has 0 aromatic carbocycles. The number of allylic oxidation sites excluding steroid dienone is 9. The van der Waals surface area contributed by atoms with Gasteiger partial charge in [-0.2, -0.15) is 0 Å². The Hall–Kier alpha value is -1.80. The van der Waals surface area contributed by atoms with Crippen LogP contribution in [0.5, 0.6) is 0 Å². The Morgan fingerprint density at radius 3 is 1.33 bits per heavy atom. The van der Waals surface area contributed by atoms with Gasteiger partial charge >= 0.3 is 0 Å². The normalized spacial score (nSPS) is 14.4. The van der Waals surface area contributed by atoms with Crippen LogP contribution in [0.15, 0.2) is 60.8 Å². The third kappa shape index (κ3) is 51.9. The van der Waals surface area contributed by atoms with Crippen LogP contribution in [0.3, 0.4) is 0 Å². The molecule has 0 rings (SSSR count). The third-order valence-electron chi connectivity index (χ3n) is 12.5. The lowest BCUT2D eigenvalue weighted by Crippen LogP contribution is -2.45. The van der Waals surface area contributed by atoms with Crippen molar-refractivity contribution < 1.29 is 32.9 Å². The molecule has 3 atom stereocenters. The zero-order valence-electron chi connectivity index (χ0n) is 44.6. The molecule has 0 saturated heterocycles. The van der Waals surface area contributed by atoms with Crippen molar-refractivity contribution in [3.05, 3.63) is 60.8 Å². The molecule has 392 valence electrons. The van der Waals surface area contributed by atoms with Crippen molar-refractivity contribution in [2.75, 3.05) is 40.9 Å². The van der Waals surface area contributed by atoms with E-state index in [1.54, 1.807) is 6.08 Å². The maximum absolute atomic E-state index is 13.0. The monoisotopic (exact) mass is 961 g/mol. The summed E-state index contributed by atoms with van der Waals surface area (Å²) >= 11 is 0. The number of nitrogens with one attached hydrogen (secondary N) is 1. The maximum Gasteiger partial charge on any atom is 0.268 e. The Morgan fingerprint density at radius 1 is 0.537 bits per heavy atom. The second-order valence-electron chi connectivity index (χ2n) is 20.3. The third-order valence-corrected chi connectivity index (χ3v) is 13.4. The number of carbonyl (C=O) groups is 1. The predicted octanol–water partition coefficient (Wildman–Crippen LogP) is 16.3. The Kier molecular flexibility index (Phi) is 47.9. The van der Waals surface area contributed by atoms with E-state index in [4.69, 9.17) is 9.05 Å². The summed E-state index contributed by atoms with van der Waals surface area (Å²) in [5, 5.41) is 13.9. The molecule has 0 aromatic rings. The summed E-state index contributed by atoms with van der Waals surface area (Å²) in [7, 11) is 1.25. The number of phosphoric ester groups is 1. The largest absolute Gasteiger partial charge is 0.756 e. The summed E-state index contributed by atoms with van der Waals surface area (Å²) in [6.07, 6.45) is 65.7. The second kappa shape index (κ2) is 49.2. The van der Waals surface area contributed by atoms with E-state index in [1.807, 2.05) is 27.2 Å². The van der Waals surface area contributed by atoms with E-state index in [0.717, 1.165) is 77.0 Å². The number of aliphatic hydroxyl groups is 1. The van der Waals surface area contributed by atoms with Crippen molar-refractivity contribution in [2.24, 2.45) is 0 Å². The smallest absolute Gasteiger partial charge is 0.268 e. The van der Waals surface area contributed by atoms with Crippen LogP contribution in [0.1, 0.15) is 251 Å². The van der Waals surface area contributed by atoms with Crippen molar-refractivity contribution in [1.29, 1.82) is 0 Å². The van der Waals surface area contributed by atoms with Crippen molar-refractivity contribution in [1.82, 2.24) is 5.32 Å². The van der Waals surface area contributed by atoms with E-state index in [2.05, 4.69) is 67.8 Å². The van der Waals surface area contributed by atoms with Gasteiger partial charge in [0.2, 0.25) is 5.91 Å². The number of amides is 1. The van der Waals surface area contributed by atoms with Crippen LogP contribution in [-0.2, 0) is 18.4 Å². The van der Waals surface area contributed by atoms with Gasteiger partial charge in [0.05, 0.1) is 39.9 Å². The summed E-state index contributed by atoms with van der Waals surface area (Å²) in [6.45, 7) is 4.55. The molecule has 3 unspecified atom stereocenters. The van der Waals surface area contributed by atoms with Gasteiger partial charge in [0, 0.05) is 6.42 Å². The predicted molar refractivity (Wildman–Crippen MR) is 288 cm³/mol. The molecular weight excluding hydrogens is 852 g/mol. The van der Waals surface area contributed by atoms with Crippen molar-refractivity contribution in [2.45, 2.75) is 264 Å². The highest BCUT2D eigenvalue weighted by atomic mass is 31.2. The van der Waals surface area contributed by atoms with Crippen LogP contribution in [0, 0.1) is 0 Å². The molecule has 0 spiro atoms. The summed E-state index contributed by atoms with van der Waals surface area (Å²) in [5.74, 6) is -0.205. The number of phosphoric acid groups is 1. The lowest BCUT2D eigenvalue weighted by Gasteiger charge is -2.29. The second-order valence-corrected chi connectivity index (χ2v) is 21.7. The minimum atomic E-state index is -4.60. The molecular formula is C58H109N2O6P. The first-order chi connectivity index (χ1) is 32.5. The van der Waals surface area contributed by atoms with Gasteiger partial charge in [0.25, 0.3) is 7.82 Å². The number of likely N-dealkylation sites (N-methyl/N-ethyl adjacent to an activating group) is 1. The van der Waals surface area contributed by atoms with Crippen LogP contribution in [0.2, 0.25) is 0 Å². The molecule has 0 heterocycles. The number of rotatable bonds is 51. The molecule has 8 nitrogen and oxygen atoms in total. The number of unbranched alkanes of at least 4 members (excludes halogenated alkanes) is 30. The highest BCUT2D eigenvalue weighted by Gasteiger charge is 2.23. The first-order valence-corrected chi connectivity index (χ1v) is 29.6. The Labute approximate surface area is 415 Å². The summed E-state index contributed by atoms with van der Waals surface area (Å²) < 4.78 is 23.3. The standard InChI is InChI=1S/C58H109N2O6P/c1-6-8-10-12-14-16-18-20-22-24-26-28-29-30-32-33-35-37-39-41-43-45-47-49-51-57(61)56(55-66-67(63,64)65-54-53-60(3,4)5)59-58(62)52-50-48-46-44-42-40-38-36-34-31-27-25-23-21-19-17-15-13-11-9-7-2/h9,11,15,17,21,23,27,31,49,51,56-57,61H,6-8,10,12-14,16,18-20,22,24-26,28-30,32-48,50,52-55H2,1-5H3,(H-,59,62,63,64)/b11-9-,17-15-,23-21-,31-27-,51-49+. The number of aliphatic hydroxyl groups excluding tert-OH is 1. The Balaban J connectivity index is 4.25. The van der Waals surface area contributed by atoms with E-state index in [-0.39, 0.29) is 19.1 Å². The lowest BCUT2D eigenvalue weighted by molar-refractivity contribution is -0.870. The van der Waals surface area contributed by atoms with Crippen LogP contribution < -0.4 is 10.2 Å². The summed E-state index contributed by atoms with van der Waals surface area (Å²) in [6, 6.07) is -0.894. The molecule has 0 radical (unpaired) electrons. The van der Waals surface area contributed by atoms with Crippen molar-refractivity contribution in [3.8, 4) is 0 Å². The number of nitrogens with zero attached hydrogens (tertiary/aromatic N) is 1. The van der Waals surface area contributed by atoms with Gasteiger partial charge in [-0.1, -0.05) is 248 Å². The molecule has 0 aliphatic carbocycles. The molecule has 0 fully saturated rings. The van der Waals surface area contributed by atoms with Crippen LogP contribution in [0.4, 0.5) is 0 Å². The highest BCUT2D eigenvalue weighted by molar-refractivity contribution is 7.45. The van der Waals surface area contributed by atoms with Crippen molar-refractivity contribution in [3.63, 3.8) is 0 Å². The molecule has 0 bridgehead atoms. The summed E-state index contributed by atoms with van der Waals surface area (Å²) in [4.78, 5) is 25.5. The first-order valence-electron chi connectivity index (χ1n) is 28.2. The fraction of sp³-hybridized carbons (Fsp3) is 0.810. The number of carbonyl (C=O) groups excluding carboxylic acids is 1. The zero-order chi connectivity index (χ0) is 49.2. The molecule has 67 heavy (non-hydrogen) atoms.